The first-order valence-corrected chi connectivity index (χ1v) is 9.18. The Morgan fingerprint density at radius 1 is 1.21 bits per heavy atom. The number of aliphatic hydroxyl groups excluding tert-OH is 1. The minimum atomic E-state index is -0.000239. The number of hydrogen-bond acceptors (Lipinski definition) is 3. The van der Waals surface area contributed by atoms with Gasteiger partial charge in [-0.2, -0.15) is 11.8 Å². The molecule has 0 aromatic heterocycles. The molecule has 0 aliphatic heterocycles. The van der Waals surface area contributed by atoms with Gasteiger partial charge in [0.05, 0.1) is 6.61 Å². The molecule has 0 spiro atoms. The standard InChI is InChI=1S/C16H31NOS/c1-13(2)17-16(12-18)9-5-8-15(10-16)19-11-14-6-3-4-7-14/h13-15,17-18H,3-12H2,1-2H3. The molecule has 0 amide bonds. The second-order valence-corrected chi connectivity index (χ2v) is 8.27. The third kappa shape index (κ3) is 4.64. The summed E-state index contributed by atoms with van der Waals surface area (Å²) in [7, 11) is 0. The lowest BCUT2D eigenvalue weighted by molar-refractivity contribution is 0.115. The lowest BCUT2D eigenvalue weighted by Crippen LogP contribution is -2.54. The maximum Gasteiger partial charge on any atom is 0.0613 e. The third-order valence-electron chi connectivity index (χ3n) is 4.74. The molecule has 0 radical (unpaired) electrons. The van der Waals surface area contributed by atoms with Gasteiger partial charge >= 0.3 is 0 Å². The predicted molar refractivity (Wildman–Crippen MR) is 84.8 cm³/mol. The summed E-state index contributed by atoms with van der Waals surface area (Å²) >= 11 is 2.19. The van der Waals surface area contributed by atoms with Crippen LogP contribution in [0.3, 0.4) is 0 Å². The van der Waals surface area contributed by atoms with Crippen LogP contribution in [-0.4, -0.2) is 34.3 Å². The molecule has 2 N–H and O–H groups in total. The van der Waals surface area contributed by atoms with Crippen LogP contribution in [0.1, 0.15) is 65.2 Å². The number of nitrogens with one attached hydrogen (secondary N) is 1. The van der Waals surface area contributed by atoms with Crippen LogP contribution in [0, 0.1) is 5.92 Å². The first-order chi connectivity index (χ1) is 9.13. The number of thioether (sulfide) groups is 1. The van der Waals surface area contributed by atoms with Gasteiger partial charge in [-0.15, -0.1) is 0 Å². The zero-order valence-electron chi connectivity index (χ0n) is 12.7. The minimum absolute atomic E-state index is 0.000239. The molecule has 2 unspecified atom stereocenters. The molecule has 112 valence electrons. The molecule has 2 nitrogen and oxygen atoms in total. The highest BCUT2D eigenvalue weighted by Gasteiger charge is 2.36. The van der Waals surface area contributed by atoms with Gasteiger partial charge in [-0.25, -0.2) is 0 Å². The van der Waals surface area contributed by atoms with E-state index in [9.17, 15) is 5.11 Å². The largest absolute Gasteiger partial charge is 0.394 e. The van der Waals surface area contributed by atoms with Crippen molar-refractivity contribution in [2.45, 2.75) is 82.0 Å². The molecule has 2 atom stereocenters. The molecule has 2 aliphatic rings. The SMILES string of the molecule is CC(C)NC1(CO)CCCC(SCC2CCCC2)C1. The molecule has 0 bridgehead atoms. The normalized spacial score (nSPS) is 33.2. The Morgan fingerprint density at radius 3 is 2.58 bits per heavy atom. The molecule has 0 saturated heterocycles. The molecule has 3 heteroatoms. The van der Waals surface area contributed by atoms with Crippen molar-refractivity contribution < 1.29 is 5.11 Å². The molecular weight excluding hydrogens is 254 g/mol. The Hall–Kier alpha value is 0.270. The van der Waals surface area contributed by atoms with Crippen molar-refractivity contribution in [3.8, 4) is 0 Å². The smallest absolute Gasteiger partial charge is 0.0613 e. The molecule has 2 aliphatic carbocycles. The summed E-state index contributed by atoms with van der Waals surface area (Å²) in [5.74, 6) is 2.34. The molecule has 2 rings (SSSR count). The summed E-state index contributed by atoms with van der Waals surface area (Å²) in [5, 5.41) is 14.2. The average Bonchev–Trinajstić information content (AvgIpc) is 2.89. The Labute approximate surface area is 123 Å². The van der Waals surface area contributed by atoms with E-state index in [1.54, 1.807) is 0 Å². The van der Waals surface area contributed by atoms with Crippen molar-refractivity contribution >= 4 is 11.8 Å². The van der Waals surface area contributed by atoms with Gasteiger partial charge in [0.15, 0.2) is 0 Å². The van der Waals surface area contributed by atoms with Crippen LogP contribution >= 0.6 is 11.8 Å². The van der Waals surface area contributed by atoms with Gasteiger partial charge in [0.25, 0.3) is 0 Å². The molecule has 2 fully saturated rings. The van der Waals surface area contributed by atoms with E-state index in [-0.39, 0.29) is 5.54 Å². The quantitative estimate of drug-likeness (QED) is 0.782. The molecule has 0 heterocycles. The minimum Gasteiger partial charge on any atom is -0.394 e. The Balaban J connectivity index is 1.81. The highest BCUT2D eigenvalue weighted by atomic mass is 32.2. The van der Waals surface area contributed by atoms with E-state index in [4.69, 9.17) is 0 Å². The first kappa shape index (κ1) is 15.7. The summed E-state index contributed by atoms with van der Waals surface area (Å²) < 4.78 is 0. The lowest BCUT2D eigenvalue weighted by Gasteiger charge is -2.42. The Morgan fingerprint density at radius 2 is 1.95 bits per heavy atom. The fraction of sp³-hybridized carbons (Fsp3) is 1.00. The summed E-state index contributed by atoms with van der Waals surface area (Å²) in [5.41, 5.74) is -0.000239. The van der Waals surface area contributed by atoms with E-state index in [1.807, 2.05) is 0 Å². The topological polar surface area (TPSA) is 32.3 Å². The Kier molecular flexibility index (Phi) is 6.04. The molecule has 0 aromatic carbocycles. The summed E-state index contributed by atoms with van der Waals surface area (Å²) in [6, 6.07) is 0.464. The van der Waals surface area contributed by atoms with Crippen LogP contribution in [0.15, 0.2) is 0 Å². The number of aliphatic hydroxyl groups is 1. The average molecular weight is 285 g/mol. The van der Waals surface area contributed by atoms with E-state index < -0.39 is 0 Å². The van der Waals surface area contributed by atoms with E-state index in [0.717, 1.165) is 24.0 Å². The van der Waals surface area contributed by atoms with Crippen molar-refractivity contribution in [2.75, 3.05) is 12.4 Å². The van der Waals surface area contributed by atoms with Crippen LogP contribution < -0.4 is 5.32 Å². The second-order valence-electron chi connectivity index (χ2n) is 6.94. The van der Waals surface area contributed by atoms with Crippen molar-refractivity contribution in [1.29, 1.82) is 0 Å². The maximum absolute atomic E-state index is 9.82. The summed E-state index contributed by atoms with van der Waals surface area (Å²) in [6.45, 7) is 4.67. The zero-order valence-corrected chi connectivity index (χ0v) is 13.5. The van der Waals surface area contributed by atoms with Crippen LogP contribution in [0.4, 0.5) is 0 Å². The van der Waals surface area contributed by atoms with E-state index in [2.05, 4.69) is 30.9 Å². The highest BCUT2D eigenvalue weighted by Crippen LogP contribution is 2.38. The molecule has 19 heavy (non-hydrogen) atoms. The second kappa shape index (κ2) is 7.33. The van der Waals surface area contributed by atoms with Crippen molar-refractivity contribution in [3.63, 3.8) is 0 Å². The van der Waals surface area contributed by atoms with Gasteiger partial charge in [-0.05, 0) is 43.8 Å². The summed E-state index contributed by atoms with van der Waals surface area (Å²) in [6.07, 6.45) is 10.7. The van der Waals surface area contributed by atoms with Gasteiger partial charge in [0, 0.05) is 16.8 Å². The third-order valence-corrected chi connectivity index (χ3v) is 6.28. The molecular formula is C16H31NOS. The van der Waals surface area contributed by atoms with E-state index >= 15 is 0 Å². The maximum atomic E-state index is 9.82. The fourth-order valence-electron chi connectivity index (χ4n) is 3.83. The van der Waals surface area contributed by atoms with Crippen LogP contribution in [0.5, 0.6) is 0 Å². The number of rotatable bonds is 6. The lowest BCUT2D eigenvalue weighted by atomic mass is 9.81. The van der Waals surface area contributed by atoms with Crippen LogP contribution in [0.25, 0.3) is 0 Å². The highest BCUT2D eigenvalue weighted by molar-refractivity contribution is 7.99. The van der Waals surface area contributed by atoms with Crippen molar-refractivity contribution in [3.05, 3.63) is 0 Å². The number of hydrogen-bond donors (Lipinski definition) is 2. The molecule has 2 saturated carbocycles. The van der Waals surface area contributed by atoms with Gasteiger partial charge < -0.3 is 10.4 Å². The van der Waals surface area contributed by atoms with Gasteiger partial charge in [0.2, 0.25) is 0 Å². The van der Waals surface area contributed by atoms with E-state index in [1.165, 1.54) is 44.3 Å². The van der Waals surface area contributed by atoms with Crippen LogP contribution in [0.2, 0.25) is 0 Å². The monoisotopic (exact) mass is 285 g/mol. The van der Waals surface area contributed by atoms with E-state index in [0.29, 0.717) is 12.6 Å². The van der Waals surface area contributed by atoms with Crippen molar-refractivity contribution in [1.82, 2.24) is 5.32 Å². The first-order valence-electron chi connectivity index (χ1n) is 8.14. The Bertz CT molecular complexity index is 265. The zero-order chi connectivity index (χ0) is 13.7. The van der Waals surface area contributed by atoms with Gasteiger partial charge in [-0.3, -0.25) is 0 Å². The predicted octanol–water partition coefficient (Wildman–Crippen LogP) is 3.58. The summed E-state index contributed by atoms with van der Waals surface area (Å²) in [4.78, 5) is 0. The molecule has 0 aromatic rings. The van der Waals surface area contributed by atoms with Gasteiger partial charge in [-0.1, -0.05) is 33.1 Å². The van der Waals surface area contributed by atoms with Gasteiger partial charge in [0.1, 0.15) is 0 Å². The van der Waals surface area contributed by atoms with Crippen molar-refractivity contribution in [2.24, 2.45) is 5.92 Å². The van der Waals surface area contributed by atoms with Crippen LogP contribution in [-0.2, 0) is 0 Å². The fourth-order valence-corrected chi connectivity index (χ4v) is 5.48.